The lowest BCUT2D eigenvalue weighted by molar-refractivity contribution is -0.152. The fourth-order valence-corrected chi connectivity index (χ4v) is 2.52. The summed E-state index contributed by atoms with van der Waals surface area (Å²) in [5, 5.41) is 3.13. The van der Waals surface area contributed by atoms with Gasteiger partial charge >= 0.3 is 23.9 Å². The molecule has 0 aliphatic rings. The summed E-state index contributed by atoms with van der Waals surface area (Å²) in [6.07, 6.45) is 4.45. The quantitative estimate of drug-likeness (QED) is 0.0814. The zero-order valence-corrected chi connectivity index (χ0v) is 20.6. The summed E-state index contributed by atoms with van der Waals surface area (Å²) in [6, 6.07) is 0. The third-order valence-electron chi connectivity index (χ3n) is 3.22. The summed E-state index contributed by atoms with van der Waals surface area (Å²) >= 11 is 2.29. The molecule has 9 nitrogen and oxygen atoms in total. The van der Waals surface area contributed by atoms with Crippen LogP contribution in [0.25, 0.3) is 0 Å². The van der Waals surface area contributed by atoms with Gasteiger partial charge < -0.3 is 24.3 Å². The fraction of sp³-hybridized carbons (Fsp3) is 0.619. The van der Waals surface area contributed by atoms with Crippen molar-refractivity contribution in [2.75, 3.05) is 24.1 Å². The van der Waals surface area contributed by atoms with Crippen LogP contribution in [0.1, 0.15) is 40.5 Å². The van der Waals surface area contributed by atoms with E-state index in [-0.39, 0.29) is 25.4 Å². The number of carbonyl (C=O) groups excluding carboxylic acids is 4. The van der Waals surface area contributed by atoms with Crippen molar-refractivity contribution in [2.45, 2.75) is 58.8 Å². The van der Waals surface area contributed by atoms with Gasteiger partial charge in [0.05, 0.1) is 12.2 Å². The van der Waals surface area contributed by atoms with E-state index in [0.29, 0.717) is 6.54 Å². The molecule has 0 radical (unpaired) electrons. The van der Waals surface area contributed by atoms with Crippen LogP contribution in [0.2, 0.25) is 0 Å². The fourth-order valence-electron chi connectivity index (χ4n) is 1.98. The van der Waals surface area contributed by atoms with Crippen LogP contribution in [0.4, 0.5) is 0 Å². The van der Waals surface area contributed by atoms with Crippen LogP contribution in [0.3, 0.4) is 0 Å². The molecule has 0 aromatic rings. The Morgan fingerprint density at radius 2 is 1.26 bits per heavy atom. The highest BCUT2D eigenvalue weighted by molar-refractivity contribution is 14.1. The van der Waals surface area contributed by atoms with Crippen molar-refractivity contribution in [3.63, 3.8) is 0 Å². The number of carbonyl (C=O) groups is 4. The first-order chi connectivity index (χ1) is 14.6. The molecular weight excluding hydrogens is 521 g/mol. The number of hydrogen-bond acceptors (Lipinski definition) is 9. The second kappa shape index (κ2) is 17.7. The lowest BCUT2D eigenvalue weighted by Gasteiger charge is -2.17. The zero-order valence-electron chi connectivity index (χ0n) is 18.4. The maximum atomic E-state index is 12.0. The Kier molecular flexibility index (Phi) is 16.6. The van der Waals surface area contributed by atoms with E-state index < -0.39 is 30.0 Å². The molecule has 0 aliphatic heterocycles. The number of ether oxygens (including phenoxy) is 4. The van der Waals surface area contributed by atoms with Gasteiger partial charge in [0.1, 0.15) is 12.7 Å². The van der Waals surface area contributed by atoms with Crippen LogP contribution >= 0.6 is 22.6 Å². The topological polar surface area (TPSA) is 117 Å². The molecule has 1 unspecified atom stereocenters. The standard InChI is InChI=1S/C21H32INO8/c1-15(2)29-19(25)8-7-18(24)28-14-17(13-23-12-6-5-11-22)31-21(27)10-9-20(26)30-16(3)4/h7-10,15-17,23H,5-6,11-14H2,1-4H3/b8-7+,10-9+. The molecule has 0 fully saturated rings. The van der Waals surface area contributed by atoms with Crippen LogP contribution in [0.5, 0.6) is 0 Å². The molecule has 0 saturated carbocycles. The van der Waals surface area contributed by atoms with Crippen LogP contribution < -0.4 is 5.32 Å². The van der Waals surface area contributed by atoms with Crippen molar-refractivity contribution >= 4 is 46.5 Å². The predicted molar refractivity (Wildman–Crippen MR) is 123 cm³/mol. The average Bonchev–Trinajstić information content (AvgIpc) is 2.67. The van der Waals surface area contributed by atoms with Crippen molar-refractivity contribution in [1.82, 2.24) is 5.32 Å². The maximum absolute atomic E-state index is 12.0. The van der Waals surface area contributed by atoms with E-state index in [1.165, 1.54) is 0 Å². The molecule has 0 aromatic carbocycles. The third kappa shape index (κ3) is 18.5. The van der Waals surface area contributed by atoms with Gasteiger partial charge in [0.25, 0.3) is 0 Å². The highest BCUT2D eigenvalue weighted by Gasteiger charge is 2.16. The molecule has 10 heteroatoms. The van der Waals surface area contributed by atoms with E-state index in [2.05, 4.69) is 27.9 Å². The van der Waals surface area contributed by atoms with Crippen LogP contribution in [-0.2, 0) is 38.1 Å². The number of alkyl halides is 1. The molecule has 0 rings (SSSR count). The Bertz CT molecular complexity index is 631. The van der Waals surface area contributed by atoms with E-state index in [1.807, 2.05) is 0 Å². The number of rotatable bonds is 15. The largest absolute Gasteiger partial charge is 0.460 e. The average molecular weight is 553 g/mol. The molecule has 0 aromatic heterocycles. The van der Waals surface area contributed by atoms with Gasteiger partial charge in [-0.1, -0.05) is 22.6 Å². The van der Waals surface area contributed by atoms with Gasteiger partial charge in [-0.05, 0) is 51.5 Å². The SMILES string of the molecule is CC(C)OC(=O)/C=C/C(=O)OCC(CNCCCCI)OC(=O)/C=C/C(=O)OC(C)C. The van der Waals surface area contributed by atoms with Crippen LogP contribution in [-0.4, -0.2) is 66.3 Å². The highest BCUT2D eigenvalue weighted by atomic mass is 127. The molecule has 0 heterocycles. The summed E-state index contributed by atoms with van der Waals surface area (Å²) in [4.78, 5) is 46.7. The van der Waals surface area contributed by atoms with Crippen molar-refractivity contribution in [2.24, 2.45) is 0 Å². The highest BCUT2D eigenvalue weighted by Crippen LogP contribution is 1.99. The third-order valence-corrected chi connectivity index (χ3v) is 3.98. The van der Waals surface area contributed by atoms with Gasteiger partial charge in [-0.3, -0.25) is 0 Å². The van der Waals surface area contributed by atoms with Crippen molar-refractivity contribution < 1.29 is 38.1 Å². The summed E-state index contributed by atoms with van der Waals surface area (Å²) in [7, 11) is 0. The Morgan fingerprint density at radius 1 is 0.774 bits per heavy atom. The van der Waals surface area contributed by atoms with E-state index >= 15 is 0 Å². The van der Waals surface area contributed by atoms with Gasteiger partial charge in [-0.25, -0.2) is 19.2 Å². The minimum Gasteiger partial charge on any atom is -0.460 e. The van der Waals surface area contributed by atoms with Gasteiger partial charge in [0.15, 0.2) is 0 Å². The number of hydrogen-bond donors (Lipinski definition) is 1. The van der Waals surface area contributed by atoms with E-state index in [9.17, 15) is 19.2 Å². The Labute approximate surface area is 197 Å². The van der Waals surface area contributed by atoms with Gasteiger partial charge in [-0.2, -0.15) is 0 Å². The molecule has 176 valence electrons. The Balaban J connectivity index is 4.70. The maximum Gasteiger partial charge on any atom is 0.331 e. The minimum atomic E-state index is -0.780. The second-order valence-electron chi connectivity index (χ2n) is 6.93. The van der Waals surface area contributed by atoms with Gasteiger partial charge in [-0.15, -0.1) is 0 Å². The van der Waals surface area contributed by atoms with Crippen LogP contribution in [0, 0.1) is 0 Å². The molecule has 0 spiro atoms. The molecule has 0 saturated heterocycles. The van der Waals surface area contributed by atoms with Gasteiger partial charge in [0.2, 0.25) is 0 Å². The van der Waals surface area contributed by atoms with Gasteiger partial charge in [0, 0.05) is 30.8 Å². The minimum absolute atomic E-state index is 0.224. The molecule has 0 amide bonds. The smallest absolute Gasteiger partial charge is 0.331 e. The van der Waals surface area contributed by atoms with Crippen molar-refractivity contribution in [3.8, 4) is 0 Å². The lowest BCUT2D eigenvalue weighted by atomic mass is 10.3. The first kappa shape index (κ1) is 29.1. The Hall–Kier alpha value is -1.95. The second-order valence-corrected chi connectivity index (χ2v) is 8.01. The number of esters is 4. The van der Waals surface area contributed by atoms with Crippen molar-refractivity contribution in [3.05, 3.63) is 24.3 Å². The summed E-state index contributed by atoms with van der Waals surface area (Å²) < 4.78 is 21.1. The number of nitrogens with one attached hydrogen (secondary N) is 1. The molecule has 1 atom stereocenters. The molecule has 31 heavy (non-hydrogen) atoms. The lowest BCUT2D eigenvalue weighted by Crippen LogP contribution is -2.35. The molecule has 1 N–H and O–H groups in total. The molecular formula is C21H32INO8. The summed E-state index contributed by atoms with van der Waals surface area (Å²) in [5.41, 5.74) is 0. The monoisotopic (exact) mass is 553 g/mol. The summed E-state index contributed by atoms with van der Waals surface area (Å²) in [6.45, 7) is 7.49. The van der Waals surface area contributed by atoms with E-state index in [0.717, 1.165) is 41.6 Å². The summed E-state index contributed by atoms with van der Waals surface area (Å²) in [5.74, 6) is -2.87. The number of unbranched alkanes of at least 4 members (excludes halogenated alkanes) is 1. The molecule has 0 bridgehead atoms. The van der Waals surface area contributed by atoms with E-state index in [4.69, 9.17) is 18.9 Å². The number of halogens is 1. The first-order valence-corrected chi connectivity index (χ1v) is 11.6. The Morgan fingerprint density at radius 3 is 1.74 bits per heavy atom. The molecule has 0 aliphatic carbocycles. The zero-order chi connectivity index (χ0) is 23.6. The predicted octanol–water partition coefficient (Wildman–Crippen LogP) is 2.26. The van der Waals surface area contributed by atoms with Crippen LogP contribution in [0.15, 0.2) is 24.3 Å². The van der Waals surface area contributed by atoms with Crippen molar-refractivity contribution in [1.29, 1.82) is 0 Å². The first-order valence-electron chi connectivity index (χ1n) is 10.1. The van der Waals surface area contributed by atoms with E-state index in [1.54, 1.807) is 27.7 Å². The normalized spacial score (nSPS) is 12.4.